The minimum absolute atomic E-state index is 0.0225. The topological polar surface area (TPSA) is 311 Å². The molecule has 3 aromatic rings. The SMILES string of the molecule is C[C@H](OP(=O)(O)OP(=O)(O)OP(=O)(O)OC[C@H]1O[C@@H](n2cnc3c(N)ncnc32)[C@H](O)[C@@H]1O)c1ccccc1[N+](=O)[O-]. The average molecular weight is 656 g/mol. The van der Waals surface area contributed by atoms with Crippen molar-refractivity contribution in [2.45, 2.75) is 37.6 Å². The summed E-state index contributed by atoms with van der Waals surface area (Å²) in [7, 11) is -17.0. The fraction of sp³-hybridized carbons (Fsp3) is 0.389. The fourth-order valence-corrected chi connectivity index (χ4v) is 7.56. The number of benzene rings is 1. The van der Waals surface area contributed by atoms with E-state index in [1.807, 2.05) is 0 Å². The van der Waals surface area contributed by atoms with Gasteiger partial charge < -0.3 is 35.4 Å². The van der Waals surface area contributed by atoms with Crippen LogP contribution in [0.3, 0.4) is 0 Å². The summed E-state index contributed by atoms with van der Waals surface area (Å²) in [6.45, 7) is 0.0924. The van der Waals surface area contributed by atoms with Gasteiger partial charge in [0.2, 0.25) is 0 Å². The summed E-state index contributed by atoms with van der Waals surface area (Å²) in [4.78, 5) is 51.7. The molecule has 0 aliphatic carbocycles. The highest BCUT2D eigenvalue weighted by Gasteiger charge is 2.47. The van der Waals surface area contributed by atoms with Gasteiger partial charge in [0.25, 0.3) is 5.69 Å². The first-order valence-corrected chi connectivity index (χ1v) is 15.9. The Balaban J connectivity index is 1.37. The van der Waals surface area contributed by atoms with E-state index in [0.717, 1.165) is 19.3 Å². The van der Waals surface area contributed by atoms with Gasteiger partial charge in [-0.2, -0.15) is 8.62 Å². The van der Waals surface area contributed by atoms with Gasteiger partial charge in [0.05, 0.1) is 29.5 Å². The Morgan fingerprint density at radius 3 is 2.43 bits per heavy atom. The minimum atomic E-state index is -5.89. The first kappa shape index (κ1) is 32.2. The summed E-state index contributed by atoms with van der Waals surface area (Å²) in [5.74, 6) is 0.0225. The zero-order chi connectivity index (χ0) is 31.0. The number of nitrogens with two attached hydrogens (primary N) is 1. The number of phosphoric acid groups is 3. The van der Waals surface area contributed by atoms with Crippen LogP contribution in [0.4, 0.5) is 11.5 Å². The number of nitrogens with zero attached hydrogens (tertiary/aromatic N) is 5. The van der Waals surface area contributed by atoms with Gasteiger partial charge in [-0.05, 0) is 13.0 Å². The van der Waals surface area contributed by atoms with Crippen molar-refractivity contribution in [3.63, 3.8) is 0 Å². The molecule has 1 aliphatic rings. The number of para-hydroxylation sites is 1. The van der Waals surface area contributed by atoms with Crippen LogP contribution in [-0.2, 0) is 36.1 Å². The lowest BCUT2D eigenvalue weighted by Crippen LogP contribution is -2.33. The zero-order valence-electron chi connectivity index (χ0n) is 21.0. The Kier molecular flexibility index (Phi) is 9.27. The van der Waals surface area contributed by atoms with Crippen molar-refractivity contribution in [2.75, 3.05) is 12.3 Å². The van der Waals surface area contributed by atoms with Crippen molar-refractivity contribution in [3.8, 4) is 0 Å². The summed E-state index contributed by atoms with van der Waals surface area (Å²) < 4.78 is 60.8. The highest BCUT2D eigenvalue weighted by atomic mass is 31.3. The summed E-state index contributed by atoms with van der Waals surface area (Å²) in [6, 6.07) is 4.94. The van der Waals surface area contributed by atoms with Gasteiger partial charge in [-0.15, -0.1) is 0 Å². The van der Waals surface area contributed by atoms with E-state index in [1.54, 1.807) is 0 Å². The molecule has 8 atom stereocenters. The molecular formula is C18H23N6O15P3. The molecule has 3 unspecified atom stereocenters. The second-order valence-electron chi connectivity index (χ2n) is 8.56. The number of nitro benzene ring substituents is 1. The predicted octanol–water partition coefficient (Wildman–Crippen LogP) is 1.06. The Morgan fingerprint density at radius 2 is 1.74 bits per heavy atom. The number of aliphatic hydroxyl groups excluding tert-OH is 2. The number of nitro groups is 1. The molecule has 0 spiro atoms. The number of phosphoric ester groups is 2. The summed E-state index contributed by atoms with van der Waals surface area (Å²) in [5, 5.41) is 32.0. The molecule has 0 amide bonds. The van der Waals surface area contributed by atoms with Crippen LogP contribution in [0.15, 0.2) is 36.9 Å². The van der Waals surface area contributed by atoms with Crippen molar-refractivity contribution in [2.24, 2.45) is 0 Å². The standard InChI is InChI=1S/C18H23N6O15P3/c1-9(10-4-2-3-5-11(10)24(27)28)37-41(31,32)39-42(33,34)38-40(29,30)35-6-12-14(25)15(26)18(36-12)23-8-22-13-16(19)20-7-21-17(13)23/h2-5,7-9,12,14-15,18,25-26H,6H2,1H3,(H,29,30)(H,31,32)(H,33,34)(H2,19,20,21)/t9-,12+,14+,15+,18+/m0/s1. The number of hydrogen-bond donors (Lipinski definition) is 6. The third kappa shape index (κ3) is 7.24. The maximum atomic E-state index is 12.3. The number of hydrogen-bond acceptors (Lipinski definition) is 16. The van der Waals surface area contributed by atoms with Crippen molar-refractivity contribution in [1.29, 1.82) is 0 Å². The molecule has 24 heteroatoms. The van der Waals surface area contributed by atoms with E-state index in [9.17, 15) is 48.7 Å². The van der Waals surface area contributed by atoms with Crippen LogP contribution in [-0.4, -0.2) is 74.3 Å². The van der Waals surface area contributed by atoms with E-state index in [4.69, 9.17) is 10.5 Å². The quantitative estimate of drug-likeness (QED) is 0.0901. The summed E-state index contributed by atoms with van der Waals surface area (Å²) in [6.07, 6.45) is -5.44. The Hall–Kier alpha value is -2.74. The maximum Gasteiger partial charge on any atom is 0.490 e. The Morgan fingerprint density at radius 1 is 1.07 bits per heavy atom. The highest BCUT2D eigenvalue weighted by Crippen LogP contribution is 2.68. The third-order valence-corrected chi connectivity index (χ3v) is 10.0. The van der Waals surface area contributed by atoms with Gasteiger partial charge >= 0.3 is 23.5 Å². The average Bonchev–Trinajstić information content (AvgIpc) is 3.42. The second-order valence-corrected chi connectivity index (χ2v) is 13.1. The van der Waals surface area contributed by atoms with Gasteiger partial charge in [-0.1, -0.05) is 12.1 Å². The van der Waals surface area contributed by atoms with E-state index >= 15 is 0 Å². The molecule has 21 nitrogen and oxygen atoms in total. The minimum Gasteiger partial charge on any atom is -0.387 e. The summed E-state index contributed by atoms with van der Waals surface area (Å²) in [5.41, 5.74) is 5.32. The Bertz CT molecular complexity index is 1620. The number of ether oxygens (including phenoxy) is 1. The van der Waals surface area contributed by atoms with Crippen LogP contribution in [0.2, 0.25) is 0 Å². The van der Waals surface area contributed by atoms with E-state index in [-0.39, 0.29) is 22.5 Å². The van der Waals surface area contributed by atoms with Gasteiger partial charge in [0, 0.05) is 6.07 Å². The number of anilines is 1. The van der Waals surface area contributed by atoms with Crippen molar-refractivity contribution < 1.29 is 65.9 Å². The molecule has 7 N–H and O–H groups in total. The van der Waals surface area contributed by atoms with E-state index in [1.165, 1.54) is 29.1 Å². The molecule has 0 radical (unpaired) electrons. The second kappa shape index (κ2) is 12.1. The van der Waals surface area contributed by atoms with Gasteiger partial charge in [0.1, 0.15) is 30.2 Å². The predicted molar refractivity (Wildman–Crippen MR) is 136 cm³/mol. The molecule has 2 aromatic heterocycles. The van der Waals surface area contributed by atoms with E-state index < -0.39 is 71.3 Å². The van der Waals surface area contributed by atoms with Crippen LogP contribution in [0, 0.1) is 10.1 Å². The van der Waals surface area contributed by atoms with Crippen LogP contribution in [0.25, 0.3) is 11.2 Å². The van der Waals surface area contributed by atoms with Crippen molar-refractivity contribution in [3.05, 3.63) is 52.6 Å². The molecule has 1 aromatic carbocycles. The largest absolute Gasteiger partial charge is 0.490 e. The summed E-state index contributed by atoms with van der Waals surface area (Å²) >= 11 is 0. The maximum absolute atomic E-state index is 12.3. The number of imidazole rings is 1. The van der Waals surface area contributed by atoms with Crippen LogP contribution in [0.1, 0.15) is 24.8 Å². The molecule has 42 heavy (non-hydrogen) atoms. The van der Waals surface area contributed by atoms with Crippen molar-refractivity contribution >= 4 is 46.1 Å². The molecule has 230 valence electrons. The normalized spacial score (nSPS) is 25.9. The molecule has 0 saturated carbocycles. The monoisotopic (exact) mass is 656 g/mol. The number of fused-ring (bicyclic) bond motifs is 1. The molecular weight excluding hydrogens is 633 g/mol. The van der Waals surface area contributed by atoms with Crippen molar-refractivity contribution in [1.82, 2.24) is 19.5 Å². The molecule has 1 aliphatic heterocycles. The van der Waals surface area contributed by atoms with Gasteiger partial charge in [-0.25, -0.2) is 28.6 Å². The number of aliphatic hydroxyl groups is 2. The molecule has 4 rings (SSSR count). The number of rotatable bonds is 12. The molecule has 0 bridgehead atoms. The van der Waals surface area contributed by atoms with Crippen LogP contribution < -0.4 is 5.73 Å². The smallest absolute Gasteiger partial charge is 0.387 e. The van der Waals surface area contributed by atoms with Crippen LogP contribution in [0.5, 0.6) is 0 Å². The molecule has 1 saturated heterocycles. The van der Waals surface area contributed by atoms with E-state index in [2.05, 4.69) is 32.6 Å². The first-order chi connectivity index (χ1) is 19.5. The van der Waals surface area contributed by atoms with E-state index in [0.29, 0.717) is 0 Å². The lowest BCUT2D eigenvalue weighted by atomic mass is 10.1. The Labute approximate surface area is 234 Å². The zero-order valence-corrected chi connectivity index (χ0v) is 23.7. The third-order valence-electron chi connectivity index (χ3n) is 5.68. The lowest BCUT2D eigenvalue weighted by Gasteiger charge is -2.21. The highest BCUT2D eigenvalue weighted by molar-refractivity contribution is 7.66. The fourth-order valence-electron chi connectivity index (χ4n) is 3.89. The van der Waals surface area contributed by atoms with Gasteiger partial charge in [-0.3, -0.25) is 23.7 Å². The molecule has 3 heterocycles. The number of aromatic nitrogens is 4. The van der Waals surface area contributed by atoms with Crippen LogP contribution >= 0.6 is 23.5 Å². The number of nitrogen functional groups attached to an aromatic ring is 1. The molecule has 1 fully saturated rings. The lowest BCUT2D eigenvalue weighted by molar-refractivity contribution is -0.386. The first-order valence-electron chi connectivity index (χ1n) is 11.4. The van der Waals surface area contributed by atoms with Gasteiger partial charge in [0.15, 0.2) is 17.7 Å².